The van der Waals surface area contributed by atoms with Crippen molar-refractivity contribution < 1.29 is 9.90 Å². The van der Waals surface area contributed by atoms with Crippen LogP contribution in [0.25, 0.3) is 0 Å². The maximum Gasteiger partial charge on any atom is 0.246 e. The highest BCUT2D eigenvalue weighted by Crippen LogP contribution is 2.27. The molecular weight excluding hydrogens is 286 g/mol. The Labute approximate surface area is 127 Å². The van der Waals surface area contributed by atoms with E-state index in [2.05, 4.69) is 10.3 Å². The molecule has 1 aliphatic heterocycles. The lowest BCUT2D eigenvalue weighted by atomic mass is 9.89. The summed E-state index contributed by atoms with van der Waals surface area (Å²) in [5, 5.41) is 13.0. The zero-order valence-corrected chi connectivity index (χ0v) is 11.7. The van der Waals surface area contributed by atoms with Gasteiger partial charge in [-0.1, -0.05) is 41.3 Å². The zero-order valence-electron chi connectivity index (χ0n) is 10.9. The number of fused-ring (bicyclic) bond motifs is 1. The highest BCUT2D eigenvalue weighted by molar-refractivity contribution is 6.38. The molecular formula is C15H10BClN2O2. The SMILES string of the molecule is [B]c1cc2c(cc1O)NC(=O)CN=C2c1ccccc1Cl. The summed E-state index contributed by atoms with van der Waals surface area (Å²) in [5.41, 5.74) is 2.58. The number of aromatic hydroxyl groups is 1. The molecule has 21 heavy (non-hydrogen) atoms. The van der Waals surface area contributed by atoms with Crippen molar-refractivity contribution in [3.63, 3.8) is 0 Å². The number of phenols is 1. The minimum absolute atomic E-state index is 0.0180. The van der Waals surface area contributed by atoms with Crippen molar-refractivity contribution in [1.29, 1.82) is 0 Å². The second-order valence-corrected chi connectivity index (χ2v) is 5.06. The number of aliphatic imine (C=N–C) groups is 1. The molecule has 0 aromatic heterocycles. The maximum absolute atomic E-state index is 11.7. The summed E-state index contributed by atoms with van der Waals surface area (Å²) in [6, 6.07) is 10.2. The van der Waals surface area contributed by atoms with Crippen molar-refractivity contribution in [2.75, 3.05) is 11.9 Å². The van der Waals surface area contributed by atoms with E-state index in [4.69, 9.17) is 19.4 Å². The van der Waals surface area contributed by atoms with Crippen molar-refractivity contribution in [3.8, 4) is 5.75 Å². The molecule has 0 unspecified atom stereocenters. The smallest absolute Gasteiger partial charge is 0.246 e. The summed E-state index contributed by atoms with van der Waals surface area (Å²) in [6.45, 7) is -0.0180. The molecule has 0 atom stereocenters. The van der Waals surface area contributed by atoms with Crippen LogP contribution < -0.4 is 10.8 Å². The third-order valence-electron chi connectivity index (χ3n) is 3.21. The molecule has 0 saturated heterocycles. The molecule has 0 aliphatic carbocycles. The van der Waals surface area contributed by atoms with Crippen LogP contribution in [-0.4, -0.2) is 31.1 Å². The van der Waals surface area contributed by atoms with Gasteiger partial charge in [0.15, 0.2) is 0 Å². The summed E-state index contributed by atoms with van der Waals surface area (Å²) in [4.78, 5) is 16.1. The van der Waals surface area contributed by atoms with Gasteiger partial charge in [-0.25, -0.2) is 0 Å². The van der Waals surface area contributed by atoms with Crippen LogP contribution in [0.1, 0.15) is 11.1 Å². The molecule has 2 aromatic rings. The van der Waals surface area contributed by atoms with Gasteiger partial charge in [-0.05, 0) is 6.07 Å². The summed E-state index contributed by atoms with van der Waals surface area (Å²) in [6.07, 6.45) is 0. The van der Waals surface area contributed by atoms with Crippen LogP contribution in [0.4, 0.5) is 5.69 Å². The van der Waals surface area contributed by atoms with Crippen molar-refractivity contribution in [2.24, 2.45) is 4.99 Å². The van der Waals surface area contributed by atoms with Crippen LogP contribution in [0.5, 0.6) is 5.75 Å². The third-order valence-corrected chi connectivity index (χ3v) is 3.54. The van der Waals surface area contributed by atoms with E-state index in [1.165, 1.54) is 6.07 Å². The fourth-order valence-electron chi connectivity index (χ4n) is 2.21. The highest BCUT2D eigenvalue weighted by atomic mass is 35.5. The zero-order chi connectivity index (χ0) is 15.0. The summed E-state index contributed by atoms with van der Waals surface area (Å²) in [5.74, 6) is -0.350. The number of phenolic OH excluding ortho intramolecular Hbond substituents is 1. The first-order valence-electron chi connectivity index (χ1n) is 6.28. The Bertz CT molecular complexity index is 774. The lowest BCUT2D eigenvalue weighted by molar-refractivity contribution is -0.114. The van der Waals surface area contributed by atoms with Gasteiger partial charge in [0, 0.05) is 22.2 Å². The first kappa shape index (κ1) is 13.7. The van der Waals surface area contributed by atoms with Gasteiger partial charge in [0.05, 0.1) is 11.4 Å². The molecule has 2 radical (unpaired) electrons. The number of nitrogens with one attached hydrogen (secondary N) is 1. The molecule has 2 aromatic carbocycles. The van der Waals surface area contributed by atoms with Crippen molar-refractivity contribution in [3.05, 3.63) is 52.5 Å². The normalized spacial score (nSPS) is 14.0. The van der Waals surface area contributed by atoms with Gasteiger partial charge in [0.25, 0.3) is 0 Å². The van der Waals surface area contributed by atoms with E-state index in [0.717, 1.165) is 0 Å². The van der Waals surface area contributed by atoms with E-state index in [0.29, 0.717) is 27.5 Å². The predicted octanol–water partition coefficient (Wildman–Crippen LogP) is 1.63. The summed E-state index contributed by atoms with van der Waals surface area (Å²) >= 11 is 6.22. The van der Waals surface area contributed by atoms with Gasteiger partial charge in [0.1, 0.15) is 20.1 Å². The molecule has 0 bridgehead atoms. The molecule has 1 amide bonds. The van der Waals surface area contributed by atoms with Gasteiger partial charge in [0.2, 0.25) is 5.91 Å². The molecule has 0 saturated carbocycles. The van der Waals surface area contributed by atoms with Crippen LogP contribution in [0, 0.1) is 0 Å². The second kappa shape index (κ2) is 5.26. The number of rotatable bonds is 1. The first-order chi connectivity index (χ1) is 10.1. The highest BCUT2D eigenvalue weighted by Gasteiger charge is 2.20. The summed E-state index contributed by atoms with van der Waals surface area (Å²) < 4.78 is 0. The van der Waals surface area contributed by atoms with Crippen LogP contribution in [0.3, 0.4) is 0 Å². The van der Waals surface area contributed by atoms with Gasteiger partial charge >= 0.3 is 0 Å². The molecule has 1 heterocycles. The number of hydrogen-bond donors (Lipinski definition) is 2. The Hall–Kier alpha value is -2.27. The number of benzene rings is 2. The van der Waals surface area contributed by atoms with Crippen molar-refractivity contribution in [1.82, 2.24) is 0 Å². The molecule has 0 fully saturated rings. The number of halogens is 1. The Morgan fingerprint density at radius 3 is 2.76 bits per heavy atom. The van der Waals surface area contributed by atoms with Gasteiger partial charge in [-0.2, -0.15) is 0 Å². The number of nitrogens with zero attached hydrogens (tertiary/aromatic N) is 1. The van der Waals surface area contributed by atoms with Crippen LogP contribution in [-0.2, 0) is 4.79 Å². The molecule has 3 rings (SSSR count). The standard InChI is InChI=1S/C15H10BClN2O2/c16-10-5-9-12(6-13(10)20)19-14(21)7-18-15(9)8-3-1-2-4-11(8)17/h1-6,20H,7H2,(H,19,21). The number of hydrogen-bond acceptors (Lipinski definition) is 3. The quantitative estimate of drug-likeness (QED) is 0.786. The molecule has 4 nitrogen and oxygen atoms in total. The Balaban J connectivity index is 2.25. The van der Waals surface area contributed by atoms with E-state index < -0.39 is 0 Å². The van der Waals surface area contributed by atoms with Crippen molar-refractivity contribution >= 4 is 42.2 Å². The minimum Gasteiger partial charge on any atom is -0.509 e. The van der Waals surface area contributed by atoms with Crippen LogP contribution in [0.15, 0.2) is 41.4 Å². The van der Waals surface area contributed by atoms with Crippen LogP contribution in [0.2, 0.25) is 5.02 Å². The largest absolute Gasteiger partial charge is 0.509 e. The second-order valence-electron chi connectivity index (χ2n) is 4.65. The number of anilines is 1. The number of amides is 1. The fourth-order valence-corrected chi connectivity index (χ4v) is 2.44. The number of carbonyl (C=O) groups excluding carboxylic acids is 1. The average molecular weight is 297 g/mol. The molecule has 6 heteroatoms. The molecule has 102 valence electrons. The Kier molecular flexibility index (Phi) is 3.43. The third kappa shape index (κ3) is 2.52. The van der Waals surface area contributed by atoms with Gasteiger partial charge in [-0.3, -0.25) is 9.79 Å². The van der Waals surface area contributed by atoms with E-state index in [1.54, 1.807) is 12.1 Å². The van der Waals surface area contributed by atoms with Gasteiger partial charge < -0.3 is 10.4 Å². The van der Waals surface area contributed by atoms with E-state index in [1.807, 2.05) is 18.2 Å². The van der Waals surface area contributed by atoms with E-state index in [-0.39, 0.29) is 23.7 Å². The number of carbonyl (C=O) groups is 1. The van der Waals surface area contributed by atoms with Gasteiger partial charge in [-0.15, -0.1) is 0 Å². The maximum atomic E-state index is 11.7. The minimum atomic E-state index is -0.262. The monoisotopic (exact) mass is 296 g/mol. The lowest BCUT2D eigenvalue weighted by Crippen LogP contribution is -2.15. The Morgan fingerprint density at radius 2 is 2.00 bits per heavy atom. The average Bonchev–Trinajstić information content (AvgIpc) is 2.59. The van der Waals surface area contributed by atoms with Crippen molar-refractivity contribution in [2.45, 2.75) is 0 Å². The first-order valence-corrected chi connectivity index (χ1v) is 6.66. The molecule has 2 N–H and O–H groups in total. The lowest BCUT2D eigenvalue weighted by Gasteiger charge is -2.13. The Morgan fingerprint density at radius 1 is 1.24 bits per heavy atom. The topological polar surface area (TPSA) is 61.7 Å². The number of benzodiazepines with no additional fused rings is 1. The van der Waals surface area contributed by atoms with E-state index >= 15 is 0 Å². The fraction of sp³-hybridized carbons (Fsp3) is 0.0667. The van der Waals surface area contributed by atoms with E-state index in [9.17, 15) is 9.90 Å². The summed E-state index contributed by atoms with van der Waals surface area (Å²) in [7, 11) is 5.76. The predicted molar refractivity (Wildman–Crippen MR) is 84.1 cm³/mol. The van der Waals surface area contributed by atoms with Crippen LogP contribution >= 0.6 is 11.6 Å². The molecule has 0 spiro atoms. The molecule has 1 aliphatic rings.